The molecule has 6 nitrogen and oxygen atoms in total. The van der Waals surface area contributed by atoms with Crippen molar-refractivity contribution in [3.63, 3.8) is 0 Å². The summed E-state index contributed by atoms with van der Waals surface area (Å²) in [6.45, 7) is -0.388. The first-order valence-corrected chi connectivity index (χ1v) is 10.4. The van der Waals surface area contributed by atoms with Crippen LogP contribution in [0.1, 0.15) is 28.8 Å². The number of carbonyl (C=O) groups is 3. The predicted molar refractivity (Wildman–Crippen MR) is 109 cm³/mol. The lowest BCUT2D eigenvalue weighted by atomic mass is 10.0. The minimum atomic E-state index is -0.694. The molecular weight excluding hydrogens is 390 g/mol. The van der Waals surface area contributed by atoms with Gasteiger partial charge in [-0.2, -0.15) is 0 Å². The first kappa shape index (κ1) is 19.5. The van der Waals surface area contributed by atoms with E-state index in [9.17, 15) is 14.4 Å². The number of para-hydroxylation sites is 1. The molecular formula is C22H21NO5S. The quantitative estimate of drug-likeness (QED) is 0.537. The number of fused-ring (bicyclic) bond motifs is 1. The Morgan fingerprint density at radius 2 is 1.86 bits per heavy atom. The van der Waals surface area contributed by atoms with Crippen LogP contribution in [0.5, 0.6) is 5.75 Å². The molecule has 2 heterocycles. The fourth-order valence-corrected chi connectivity index (χ4v) is 5.64. The zero-order valence-electron chi connectivity index (χ0n) is 16.0. The van der Waals surface area contributed by atoms with Gasteiger partial charge in [0.15, 0.2) is 6.61 Å². The molecule has 29 heavy (non-hydrogen) atoms. The van der Waals surface area contributed by atoms with Gasteiger partial charge in [-0.05, 0) is 24.1 Å². The van der Waals surface area contributed by atoms with Crippen LogP contribution in [-0.4, -0.2) is 48.1 Å². The Morgan fingerprint density at radius 1 is 1.14 bits per heavy atom. The number of hydrogen-bond acceptors (Lipinski definition) is 6. The van der Waals surface area contributed by atoms with Gasteiger partial charge in [0, 0.05) is 12.2 Å². The van der Waals surface area contributed by atoms with Crippen molar-refractivity contribution in [2.45, 2.75) is 23.8 Å². The third-order valence-electron chi connectivity index (χ3n) is 5.38. The average Bonchev–Trinajstić information content (AvgIpc) is 3.31. The van der Waals surface area contributed by atoms with Gasteiger partial charge in [0.05, 0.1) is 12.7 Å². The Morgan fingerprint density at radius 3 is 2.62 bits per heavy atom. The Kier molecular flexibility index (Phi) is 5.32. The van der Waals surface area contributed by atoms with Crippen molar-refractivity contribution in [2.75, 3.05) is 19.5 Å². The molecule has 2 aromatic carbocycles. The molecule has 2 aliphatic rings. The van der Waals surface area contributed by atoms with Gasteiger partial charge >= 0.3 is 5.97 Å². The van der Waals surface area contributed by atoms with Crippen LogP contribution in [-0.2, 0) is 19.2 Å². The van der Waals surface area contributed by atoms with Gasteiger partial charge in [-0.3, -0.25) is 9.59 Å². The number of amides is 1. The van der Waals surface area contributed by atoms with E-state index < -0.39 is 16.9 Å². The van der Waals surface area contributed by atoms with Crippen molar-refractivity contribution < 1.29 is 23.9 Å². The Bertz CT molecular complexity index is 947. The number of thioether (sulfide) groups is 1. The van der Waals surface area contributed by atoms with Crippen LogP contribution in [0.15, 0.2) is 54.6 Å². The highest BCUT2D eigenvalue weighted by atomic mass is 32.2. The standard InChI is InChI=1S/C22H21NO5S/c1-27-19-10-6-5-9-16(19)18(24)13-28-21(26)17-14-29-22(12-11-20(25)23(17)22)15-7-3-2-4-8-15/h2-10,17H,11-14H2,1H3/t17-,22-/m1/s1. The highest BCUT2D eigenvalue weighted by molar-refractivity contribution is 8.00. The van der Waals surface area contributed by atoms with Gasteiger partial charge in [0.2, 0.25) is 11.7 Å². The summed E-state index contributed by atoms with van der Waals surface area (Å²) in [5.74, 6) is -0.0700. The van der Waals surface area contributed by atoms with Crippen LogP contribution in [0.3, 0.4) is 0 Å². The van der Waals surface area contributed by atoms with Crippen molar-refractivity contribution in [2.24, 2.45) is 0 Å². The minimum Gasteiger partial charge on any atom is -0.496 e. The van der Waals surface area contributed by atoms with E-state index >= 15 is 0 Å². The molecule has 0 aliphatic carbocycles. The maximum absolute atomic E-state index is 12.8. The first-order chi connectivity index (χ1) is 14.1. The van der Waals surface area contributed by atoms with Gasteiger partial charge in [-0.15, -0.1) is 11.8 Å². The van der Waals surface area contributed by atoms with Crippen molar-refractivity contribution in [1.82, 2.24) is 4.90 Å². The number of benzene rings is 2. The third kappa shape index (κ3) is 3.40. The van der Waals surface area contributed by atoms with Crippen molar-refractivity contribution >= 4 is 29.4 Å². The number of hydrogen-bond donors (Lipinski definition) is 0. The molecule has 150 valence electrons. The van der Waals surface area contributed by atoms with E-state index in [1.165, 1.54) is 7.11 Å². The molecule has 0 radical (unpaired) electrons. The second-order valence-corrected chi connectivity index (χ2v) is 8.27. The Labute approximate surface area is 173 Å². The molecule has 7 heteroatoms. The molecule has 2 fully saturated rings. The monoisotopic (exact) mass is 411 g/mol. The molecule has 0 unspecified atom stereocenters. The van der Waals surface area contributed by atoms with E-state index in [4.69, 9.17) is 9.47 Å². The number of rotatable bonds is 6. The van der Waals surface area contributed by atoms with Crippen LogP contribution < -0.4 is 4.74 Å². The molecule has 0 aromatic heterocycles. The topological polar surface area (TPSA) is 72.9 Å². The second-order valence-electron chi connectivity index (χ2n) is 6.97. The molecule has 0 spiro atoms. The van der Waals surface area contributed by atoms with Crippen molar-refractivity contribution in [1.29, 1.82) is 0 Å². The maximum Gasteiger partial charge on any atom is 0.330 e. The van der Waals surface area contributed by atoms with Gasteiger partial charge in [0.1, 0.15) is 16.7 Å². The van der Waals surface area contributed by atoms with Gasteiger partial charge < -0.3 is 14.4 Å². The highest BCUT2D eigenvalue weighted by Crippen LogP contribution is 2.54. The van der Waals surface area contributed by atoms with Crippen molar-refractivity contribution in [3.05, 3.63) is 65.7 Å². The lowest BCUT2D eigenvalue weighted by Gasteiger charge is -2.33. The number of methoxy groups -OCH3 is 1. The normalized spacial score (nSPS) is 23.0. The molecule has 0 bridgehead atoms. The summed E-state index contributed by atoms with van der Waals surface area (Å²) >= 11 is 1.59. The number of Topliss-reactive ketones (excluding diaryl/α,β-unsaturated/α-hetero) is 1. The molecule has 0 N–H and O–H groups in total. The van der Waals surface area contributed by atoms with Crippen LogP contribution in [0, 0.1) is 0 Å². The zero-order valence-corrected chi connectivity index (χ0v) is 16.8. The summed E-state index contributed by atoms with van der Waals surface area (Å²) in [5.41, 5.74) is 1.37. The van der Waals surface area contributed by atoms with Crippen LogP contribution in [0.4, 0.5) is 0 Å². The van der Waals surface area contributed by atoms with Gasteiger partial charge in [0.25, 0.3) is 0 Å². The molecule has 1 amide bonds. The van der Waals surface area contributed by atoms with Crippen LogP contribution in [0.25, 0.3) is 0 Å². The van der Waals surface area contributed by atoms with Crippen LogP contribution in [0.2, 0.25) is 0 Å². The van der Waals surface area contributed by atoms with E-state index in [2.05, 4.69) is 0 Å². The van der Waals surface area contributed by atoms with E-state index in [-0.39, 0.29) is 18.3 Å². The van der Waals surface area contributed by atoms with Crippen molar-refractivity contribution in [3.8, 4) is 5.75 Å². The molecule has 0 saturated carbocycles. The molecule has 2 aromatic rings. The number of nitrogens with zero attached hydrogens (tertiary/aromatic N) is 1. The number of carbonyl (C=O) groups excluding carboxylic acids is 3. The summed E-state index contributed by atoms with van der Waals surface area (Å²) < 4.78 is 10.5. The molecule has 2 atom stereocenters. The van der Waals surface area contributed by atoms with Gasteiger partial charge in [-0.1, -0.05) is 42.5 Å². The van der Waals surface area contributed by atoms with E-state index in [1.807, 2.05) is 30.3 Å². The number of ketones is 1. The SMILES string of the molecule is COc1ccccc1C(=O)COC(=O)[C@H]1CS[C@@]2(c3ccccc3)CCC(=O)N12. The summed E-state index contributed by atoms with van der Waals surface area (Å²) in [7, 11) is 1.48. The first-order valence-electron chi connectivity index (χ1n) is 9.41. The lowest BCUT2D eigenvalue weighted by molar-refractivity contribution is -0.152. The lowest BCUT2D eigenvalue weighted by Crippen LogP contribution is -2.47. The fraction of sp³-hybridized carbons (Fsp3) is 0.318. The number of ether oxygens (including phenoxy) is 2. The van der Waals surface area contributed by atoms with Gasteiger partial charge in [-0.25, -0.2) is 4.79 Å². The summed E-state index contributed by atoms with van der Waals surface area (Å²) in [4.78, 5) is 39.0. The second kappa shape index (κ2) is 7.91. The fourth-order valence-electron chi connectivity index (χ4n) is 4.00. The Hall–Kier alpha value is -2.80. The third-order valence-corrected chi connectivity index (χ3v) is 6.97. The Balaban J connectivity index is 1.48. The average molecular weight is 411 g/mol. The maximum atomic E-state index is 12.8. The highest BCUT2D eigenvalue weighted by Gasteiger charge is 2.57. The molecule has 2 saturated heterocycles. The molecule has 4 rings (SSSR count). The summed E-state index contributed by atoms with van der Waals surface area (Å²) in [5, 5.41) is 0. The largest absolute Gasteiger partial charge is 0.496 e. The zero-order chi connectivity index (χ0) is 20.4. The van der Waals surface area contributed by atoms with E-state index in [0.717, 1.165) is 5.56 Å². The summed E-state index contributed by atoms with van der Waals surface area (Å²) in [6, 6.07) is 15.9. The van der Waals surface area contributed by atoms with E-state index in [0.29, 0.717) is 29.9 Å². The van der Waals surface area contributed by atoms with E-state index in [1.54, 1.807) is 40.9 Å². The smallest absolute Gasteiger partial charge is 0.330 e. The number of esters is 1. The van der Waals surface area contributed by atoms with Crippen LogP contribution >= 0.6 is 11.8 Å². The predicted octanol–water partition coefficient (Wildman–Crippen LogP) is 3.01. The minimum absolute atomic E-state index is 0.0585. The molecule has 2 aliphatic heterocycles. The summed E-state index contributed by atoms with van der Waals surface area (Å²) in [6.07, 6.45) is 1.05.